The van der Waals surface area contributed by atoms with E-state index in [1.165, 1.54) is 18.4 Å². The van der Waals surface area contributed by atoms with Gasteiger partial charge in [-0.25, -0.2) is 0 Å². The number of aliphatic hydroxyl groups excluding tert-OH is 1. The molecule has 112 valence electrons. The topological polar surface area (TPSA) is 32.7 Å². The van der Waals surface area contributed by atoms with E-state index in [4.69, 9.17) is 9.84 Å². The van der Waals surface area contributed by atoms with Gasteiger partial charge in [-0.2, -0.15) is 0 Å². The summed E-state index contributed by atoms with van der Waals surface area (Å²) in [4.78, 5) is 2.59. The molecule has 20 heavy (non-hydrogen) atoms. The minimum atomic E-state index is 0.323. The Hall–Kier alpha value is -1.06. The van der Waals surface area contributed by atoms with E-state index in [-0.39, 0.29) is 0 Å². The smallest absolute Gasteiger partial charge is 0.118 e. The maximum absolute atomic E-state index is 8.82. The van der Waals surface area contributed by atoms with Crippen LogP contribution in [0.4, 0.5) is 0 Å². The van der Waals surface area contributed by atoms with Crippen molar-refractivity contribution in [2.24, 2.45) is 0 Å². The molecule has 0 aromatic heterocycles. The van der Waals surface area contributed by atoms with Crippen molar-refractivity contribution in [3.63, 3.8) is 0 Å². The highest BCUT2D eigenvalue weighted by molar-refractivity contribution is 5.30. The van der Waals surface area contributed by atoms with Gasteiger partial charge in [0, 0.05) is 19.2 Å². The summed E-state index contributed by atoms with van der Waals surface area (Å²) in [7, 11) is 1.71. The van der Waals surface area contributed by atoms with E-state index < -0.39 is 0 Å². The highest BCUT2D eigenvalue weighted by Crippen LogP contribution is 2.32. The van der Waals surface area contributed by atoms with Crippen molar-refractivity contribution < 1.29 is 9.84 Å². The number of ether oxygens (including phenoxy) is 1. The molecule has 1 aromatic carbocycles. The van der Waals surface area contributed by atoms with Crippen LogP contribution in [0.15, 0.2) is 24.3 Å². The molecule has 1 aliphatic heterocycles. The van der Waals surface area contributed by atoms with Gasteiger partial charge in [0.2, 0.25) is 0 Å². The number of likely N-dealkylation sites (tertiary alicyclic amines) is 1. The predicted molar refractivity (Wildman–Crippen MR) is 82.3 cm³/mol. The van der Waals surface area contributed by atoms with Gasteiger partial charge in [0.25, 0.3) is 0 Å². The number of unbranched alkanes of at least 4 members (excludes halogenated alkanes) is 2. The maximum Gasteiger partial charge on any atom is 0.118 e. The van der Waals surface area contributed by atoms with Crippen molar-refractivity contribution in [3.8, 4) is 5.75 Å². The fourth-order valence-corrected chi connectivity index (χ4v) is 3.13. The van der Waals surface area contributed by atoms with Crippen LogP contribution in [0.25, 0.3) is 0 Å². The van der Waals surface area contributed by atoms with Gasteiger partial charge in [0.1, 0.15) is 5.75 Å². The Morgan fingerprint density at radius 2 is 1.95 bits per heavy atom. The zero-order chi connectivity index (χ0) is 14.4. The summed E-state index contributed by atoms with van der Waals surface area (Å²) in [5.41, 5.74) is 1.43. The molecule has 1 fully saturated rings. The molecule has 1 saturated heterocycles. The third-order valence-corrected chi connectivity index (χ3v) is 4.39. The second kappa shape index (κ2) is 7.65. The molecule has 1 aliphatic rings. The van der Waals surface area contributed by atoms with Crippen molar-refractivity contribution >= 4 is 0 Å². The molecule has 1 aromatic rings. The molecule has 0 radical (unpaired) electrons. The van der Waals surface area contributed by atoms with Crippen LogP contribution in [-0.2, 0) is 0 Å². The Morgan fingerprint density at radius 1 is 1.20 bits per heavy atom. The molecular weight excluding hydrogens is 250 g/mol. The van der Waals surface area contributed by atoms with E-state index in [1.54, 1.807) is 7.11 Å². The molecule has 0 bridgehead atoms. The lowest BCUT2D eigenvalue weighted by molar-refractivity contribution is 0.248. The van der Waals surface area contributed by atoms with E-state index in [0.717, 1.165) is 31.7 Å². The summed E-state index contributed by atoms with van der Waals surface area (Å²) in [6.07, 6.45) is 4.50. The van der Waals surface area contributed by atoms with Crippen LogP contribution in [0.3, 0.4) is 0 Å². The molecule has 0 aliphatic carbocycles. The molecule has 0 saturated carbocycles. The summed E-state index contributed by atoms with van der Waals surface area (Å²) in [5, 5.41) is 8.82. The minimum Gasteiger partial charge on any atom is -0.497 e. The van der Waals surface area contributed by atoms with Crippen molar-refractivity contribution in [2.75, 3.05) is 26.8 Å². The summed E-state index contributed by atoms with van der Waals surface area (Å²) in [5.74, 6) is 1.58. The monoisotopic (exact) mass is 277 g/mol. The van der Waals surface area contributed by atoms with Crippen molar-refractivity contribution in [1.29, 1.82) is 0 Å². The van der Waals surface area contributed by atoms with Gasteiger partial charge in [0.05, 0.1) is 7.11 Å². The summed E-state index contributed by atoms with van der Waals surface area (Å²) in [6.45, 7) is 4.97. The fourth-order valence-electron chi connectivity index (χ4n) is 3.13. The molecule has 3 nitrogen and oxygen atoms in total. The van der Waals surface area contributed by atoms with Crippen LogP contribution in [0.1, 0.15) is 44.1 Å². The third kappa shape index (κ3) is 3.97. The van der Waals surface area contributed by atoms with Crippen molar-refractivity contribution in [1.82, 2.24) is 4.90 Å². The van der Waals surface area contributed by atoms with Gasteiger partial charge < -0.3 is 14.7 Å². The normalized spacial score (nSPS) is 23.1. The molecule has 2 atom stereocenters. The molecule has 1 heterocycles. The van der Waals surface area contributed by atoms with Crippen molar-refractivity contribution in [3.05, 3.63) is 29.8 Å². The standard InChI is InChI=1S/C17H27NO2/c1-14-12-16(13-18(14)10-4-3-5-11-19)15-6-8-17(20-2)9-7-15/h6-9,14,16,19H,3-5,10-13H2,1-2H3/t14-,16-/m1/s1. The van der Waals surface area contributed by atoms with Crippen LogP contribution < -0.4 is 4.74 Å². The van der Waals surface area contributed by atoms with Crippen LogP contribution in [0.2, 0.25) is 0 Å². The van der Waals surface area contributed by atoms with E-state index >= 15 is 0 Å². The van der Waals surface area contributed by atoms with Gasteiger partial charge >= 0.3 is 0 Å². The minimum absolute atomic E-state index is 0.323. The summed E-state index contributed by atoms with van der Waals surface area (Å²) >= 11 is 0. The Labute approximate surface area is 122 Å². The zero-order valence-electron chi connectivity index (χ0n) is 12.7. The van der Waals surface area contributed by atoms with Crippen LogP contribution >= 0.6 is 0 Å². The van der Waals surface area contributed by atoms with E-state index in [2.05, 4.69) is 36.1 Å². The average molecular weight is 277 g/mol. The number of hydrogen-bond donors (Lipinski definition) is 1. The Morgan fingerprint density at radius 3 is 2.60 bits per heavy atom. The second-order valence-electron chi connectivity index (χ2n) is 5.83. The molecule has 1 N–H and O–H groups in total. The van der Waals surface area contributed by atoms with Crippen LogP contribution in [-0.4, -0.2) is 42.9 Å². The lowest BCUT2D eigenvalue weighted by atomic mass is 9.97. The quantitative estimate of drug-likeness (QED) is 0.778. The zero-order valence-corrected chi connectivity index (χ0v) is 12.7. The Kier molecular flexibility index (Phi) is 5.86. The first-order valence-corrected chi connectivity index (χ1v) is 7.73. The first-order valence-electron chi connectivity index (χ1n) is 7.73. The van der Waals surface area contributed by atoms with Gasteiger partial charge in [-0.3, -0.25) is 0 Å². The lowest BCUT2D eigenvalue weighted by Crippen LogP contribution is -2.28. The van der Waals surface area contributed by atoms with E-state index in [0.29, 0.717) is 18.6 Å². The summed E-state index contributed by atoms with van der Waals surface area (Å²) in [6, 6.07) is 9.18. The van der Waals surface area contributed by atoms with E-state index in [9.17, 15) is 0 Å². The number of methoxy groups -OCH3 is 1. The summed E-state index contributed by atoms with van der Waals surface area (Å²) < 4.78 is 5.22. The highest BCUT2D eigenvalue weighted by Gasteiger charge is 2.29. The van der Waals surface area contributed by atoms with Gasteiger partial charge in [-0.05, 0) is 62.8 Å². The molecule has 0 spiro atoms. The third-order valence-electron chi connectivity index (χ3n) is 4.39. The molecule has 2 rings (SSSR count). The van der Waals surface area contributed by atoms with Crippen LogP contribution in [0.5, 0.6) is 5.75 Å². The predicted octanol–water partition coefficient (Wildman–Crippen LogP) is 3.04. The Balaban J connectivity index is 1.85. The Bertz CT molecular complexity index is 390. The van der Waals surface area contributed by atoms with Gasteiger partial charge in [-0.1, -0.05) is 12.1 Å². The molecule has 0 amide bonds. The second-order valence-corrected chi connectivity index (χ2v) is 5.83. The maximum atomic E-state index is 8.82. The fraction of sp³-hybridized carbons (Fsp3) is 0.647. The first kappa shape index (κ1) is 15.3. The number of nitrogens with zero attached hydrogens (tertiary/aromatic N) is 1. The number of hydrogen-bond acceptors (Lipinski definition) is 3. The van der Waals surface area contributed by atoms with Gasteiger partial charge in [-0.15, -0.1) is 0 Å². The van der Waals surface area contributed by atoms with Crippen molar-refractivity contribution in [2.45, 2.75) is 44.6 Å². The number of rotatable bonds is 7. The molecule has 0 unspecified atom stereocenters. The largest absolute Gasteiger partial charge is 0.497 e. The average Bonchev–Trinajstić information content (AvgIpc) is 2.85. The highest BCUT2D eigenvalue weighted by atomic mass is 16.5. The lowest BCUT2D eigenvalue weighted by Gasteiger charge is -2.20. The van der Waals surface area contributed by atoms with Gasteiger partial charge in [0.15, 0.2) is 0 Å². The molecule has 3 heteroatoms. The number of benzene rings is 1. The molecular formula is C17H27NO2. The van der Waals surface area contributed by atoms with E-state index in [1.807, 2.05) is 0 Å². The number of aliphatic hydroxyl groups is 1. The first-order chi connectivity index (χ1) is 9.74. The van der Waals surface area contributed by atoms with Crippen LogP contribution in [0, 0.1) is 0 Å². The SMILES string of the molecule is COc1ccc([C@@H]2C[C@@H](C)N(CCCCCO)C2)cc1.